The van der Waals surface area contributed by atoms with E-state index in [0.717, 1.165) is 6.54 Å². The van der Waals surface area contributed by atoms with E-state index in [-0.39, 0.29) is 12.6 Å². The maximum absolute atomic E-state index is 12.2. The first-order valence-electron chi connectivity index (χ1n) is 6.81. The Labute approximate surface area is 132 Å². The highest BCUT2D eigenvalue weighted by Crippen LogP contribution is 2.27. The Hall–Kier alpha value is -1.30. The highest BCUT2D eigenvalue weighted by molar-refractivity contribution is 6.37. The number of fused-ring (bicyclic) bond motifs is 1. The molecule has 2 fully saturated rings. The first-order valence-corrected chi connectivity index (χ1v) is 7.57. The van der Waals surface area contributed by atoms with Gasteiger partial charge in [-0.2, -0.15) is 0 Å². The third-order valence-electron chi connectivity index (χ3n) is 3.92. The van der Waals surface area contributed by atoms with Crippen molar-refractivity contribution in [1.29, 1.82) is 0 Å². The van der Waals surface area contributed by atoms with Crippen LogP contribution in [0.1, 0.15) is 5.56 Å². The summed E-state index contributed by atoms with van der Waals surface area (Å²) in [5.41, 5.74) is 0.680. The number of hydrogen-bond acceptors (Lipinski definition) is 3. The van der Waals surface area contributed by atoms with E-state index < -0.39 is 11.8 Å². The zero-order valence-electron chi connectivity index (χ0n) is 11.3. The maximum atomic E-state index is 12.2. The number of carbonyl (C=O) groups excluding carboxylic acids is 2. The molecule has 7 heteroatoms. The summed E-state index contributed by atoms with van der Waals surface area (Å²) >= 11 is 12.3. The Morgan fingerprint density at radius 1 is 1.19 bits per heavy atom. The van der Waals surface area contributed by atoms with Gasteiger partial charge in [0.15, 0.2) is 0 Å². The topological polar surface area (TPSA) is 52.7 Å². The van der Waals surface area contributed by atoms with Crippen LogP contribution >= 0.6 is 23.2 Å². The summed E-state index contributed by atoms with van der Waals surface area (Å²) in [5, 5.41) is 4.26. The van der Waals surface area contributed by atoms with Gasteiger partial charge in [-0.3, -0.25) is 9.59 Å². The second kappa shape index (κ2) is 5.83. The second-order valence-corrected chi connectivity index (χ2v) is 6.06. The molecule has 2 saturated heterocycles. The highest BCUT2D eigenvalue weighted by Gasteiger charge is 2.40. The number of rotatable bonds is 2. The minimum atomic E-state index is -0.482. The van der Waals surface area contributed by atoms with Gasteiger partial charge >= 0.3 is 11.8 Å². The molecule has 0 aromatic heterocycles. The minimum absolute atomic E-state index is 0.0187. The van der Waals surface area contributed by atoms with E-state index >= 15 is 0 Å². The normalized spacial score (nSPS) is 22.5. The smallest absolute Gasteiger partial charge is 0.312 e. The molecule has 112 valence electrons. The van der Waals surface area contributed by atoms with Gasteiger partial charge in [0.05, 0.1) is 6.04 Å². The molecule has 5 nitrogen and oxygen atoms in total. The van der Waals surface area contributed by atoms with Crippen LogP contribution < -0.4 is 5.32 Å². The summed E-state index contributed by atoms with van der Waals surface area (Å²) in [7, 11) is 0. The molecule has 0 bridgehead atoms. The van der Waals surface area contributed by atoms with Crippen molar-refractivity contribution in [2.75, 3.05) is 26.2 Å². The summed E-state index contributed by atoms with van der Waals surface area (Å²) in [4.78, 5) is 27.6. The molecule has 2 amide bonds. The van der Waals surface area contributed by atoms with Gasteiger partial charge in [0.25, 0.3) is 0 Å². The van der Waals surface area contributed by atoms with Gasteiger partial charge in [-0.15, -0.1) is 0 Å². The molecule has 1 aromatic carbocycles. The second-order valence-electron chi connectivity index (χ2n) is 5.24. The lowest BCUT2D eigenvalue weighted by atomic mass is 10.1. The molecule has 0 aliphatic carbocycles. The number of benzene rings is 1. The molecule has 1 atom stereocenters. The molecule has 1 aromatic rings. The minimum Gasteiger partial charge on any atom is -0.328 e. The number of carbonyl (C=O) groups is 2. The summed E-state index contributed by atoms with van der Waals surface area (Å²) < 4.78 is 0. The summed E-state index contributed by atoms with van der Waals surface area (Å²) in [6.45, 7) is 2.76. The lowest BCUT2D eigenvalue weighted by Gasteiger charge is -2.43. The van der Waals surface area contributed by atoms with E-state index in [1.807, 2.05) is 0 Å². The van der Waals surface area contributed by atoms with E-state index in [1.54, 1.807) is 23.1 Å². The van der Waals surface area contributed by atoms with Crippen LogP contribution in [0.25, 0.3) is 0 Å². The molecule has 3 rings (SSSR count). The molecular weight excluding hydrogens is 313 g/mol. The van der Waals surface area contributed by atoms with Gasteiger partial charge in [0.1, 0.15) is 0 Å². The van der Waals surface area contributed by atoms with Crippen LogP contribution in [0.5, 0.6) is 0 Å². The Morgan fingerprint density at radius 2 is 1.90 bits per heavy atom. The van der Waals surface area contributed by atoms with Crippen molar-refractivity contribution >= 4 is 35.0 Å². The molecule has 2 aliphatic heterocycles. The average molecular weight is 328 g/mol. The van der Waals surface area contributed by atoms with Crippen molar-refractivity contribution in [1.82, 2.24) is 15.1 Å². The van der Waals surface area contributed by atoms with Gasteiger partial charge in [-0.1, -0.05) is 29.3 Å². The van der Waals surface area contributed by atoms with Gasteiger partial charge < -0.3 is 15.1 Å². The summed E-state index contributed by atoms with van der Waals surface area (Å²) in [5.74, 6) is -0.917. The van der Waals surface area contributed by atoms with E-state index in [1.165, 1.54) is 4.90 Å². The molecule has 2 heterocycles. The predicted octanol–water partition coefficient (Wildman–Crippen LogP) is 1.14. The van der Waals surface area contributed by atoms with Crippen LogP contribution in [0.2, 0.25) is 10.0 Å². The van der Waals surface area contributed by atoms with Crippen molar-refractivity contribution in [2.45, 2.75) is 12.6 Å². The molecule has 1 unspecified atom stereocenters. The van der Waals surface area contributed by atoms with Crippen molar-refractivity contribution in [3.63, 3.8) is 0 Å². The quantitative estimate of drug-likeness (QED) is 0.829. The molecule has 0 spiro atoms. The van der Waals surface area contributed by atoms with Crippen LogP contribution in [-0.2, 0) is 16.1 Å². The maximum Gasteiger partial charge on any atom is 0.312 e. The van der Waals surface area contributed by atoms with Crippen LogP contribution in [0.15, 0.2) is 18.2 Å². The first kappa shape index (κ1) is 14.6. The SMILES string of the molecule is O=C1C(=O)N2CCNCC2CN1Cc1c(Cl)cccc1Cl. The largest absolute Gasteiger partial charge is 0.328 e. The molecule has 2 aliphatic rings. The number of hydrogen-bond donors (Lipinski definition) is 1. The monoisotopic (exact) mass is 327 g/mol. The first-order chi connectivity index (χ1) is 10.1. The zero-order chi connectivity index (χ0) is 15.0. The van der Waals surface area contributed by atoms with Crippen LogP contribution in [-0.4, -0.2) is 53.8 Å². The Balaban J connectivity index is 1.82. The number of nitrogens with zero attached hydrogens (tertiary/aromatic N) is 2. The Kier molecular flexibility index (Phi) is 4.06. The summed E-state index contributed by atoms with van der Waals surface area (Å²) in [6, 6.07) is 5.23. The number of nitrogens with one attached hydrogen (secondary N) is 1. The molecule has 1 N–H and O–H groups in total. The van der Waals surface area contributed by atoms with E-state index in [0.29, 0.717) is 35.2 Å². The molecule has 21 heavy (non-hydrogen) atoms. The number of amides is 2. The summed E-state index contributed by atoms with van der Waals surface area (Å²) in [6.07, 6.45) is 0. The van der Waals surface area contributed by atoms with E-state index in [9.17, 15) is 9.59 Å². The van der Waals surface area contributed by atoms with Crippen molar-refractivity contribution in [3.05, 3.63) is 33.8 Å². The fourth-order valence-corrected chi connectivity index (χ4v) is 3.31. The van der Waals surface area contributed by atoms with Crippen molar-refractivity contribution in [3.8, 4) is 0 Å². The molecular formula is C14H15Cl2N3O2. The van der Waals surface area contributed by atoms with Crippen molar-refractivity contribution in [2.24, 2.45) is 0 Å². The predicted molar refractivity (Wildman–Crippen MR) is 80.2 cm³/mol. The number of halogens is 2. The third-order valence-corrected chi connectivity index (χ3v) is 4.63. The van der Waals surface area contributed by atoms with Crippen LogP contribution in [0, 0.1) is 0 Å². The Morgan fingerprint density at radius 3 is 2.62 bits per heavy atom. The lowest BCUT2D eigenvalue weighted by molar-refractivity contribution is -0.160. The van der Waals surface area contributed by atoms with Gasteiger partial charge in [-0.05, 0) is 12.1 Å². The van der Waals surface area contributed by atoms with E-state index in [2.05, 4.69) is 5.32 Å². The highest BCUT2D eigenvalue weighted by atomic mass is 35.5. The standard InChI is InChI=1S/C14H15Cl2N3O2/c15-11-2-1-3-12(16)10(11)8-18-7-9-6-17-4-5-19(9)14(21)13(18)20/h1-3,9,17H,4-8H2. The average Bonchev–Trinajstić information content (AvgIpc) is 2.48. The number of piperazine rings is 2. The molecule has 0 radical (unpaired) electrons. The van der Waals surface area contributed by atoms with Gasteiger partial charge in [-0.25, -0.2) is 0 Å². The third kappa shape index (κ3) is 2.73. The van der Waals surface area contributed by atoms with Crippen LogP contribution in [0.4, 0.5) is 0 Å². The lowest BCUT2D eigenvalue weighted by Crippen LogP contribution is -2.65. The Bertz CT molecular complexity index is 573. The van der Waals surface area contributed by atoms with Crippen LogP contribution in [0.3, 0.4) is 0 Å². The van der Waals surface area contributed by atoms with Crippen molar-refractivity contribution < 1.29 is 9.59 Å². The molecule has 0 saturated carbocycles. The fourth-order valence-electron chi connectivity index (χ4n) is 2.80. The van der Waals surface area contributed by atoms with E-state index in [4.69, 9.17) is 23.2 Å². The zero-order valence-corrected chi connectivity index (χ0v) is 12.8. The van der Waals surface area contributed by atoms with Gasteiger partial charge in [0.2, 0.25) is 0 Å². The fraction of sp³-hybridized carbons (Fsp3) is 0.429. The van der Waals surface area contributed by atoms with Gasteiger partial charge in [0, 0.05) is 48.3 Å².